The number of nitrogens with zero attached hydrogens (tertiary/aromatic N) is 3. The largest absolute Gasteiger partial charge is 0.376 e. The van der Waals surface area contributed by atoms with Crippen LogP contribution in [0.5, 0.6) is 0 Å². The third-order valence-corrected chi connectivity index (χ3v) is 6.34. The van der Waals surface area contributed by atoms with Gasteiger partial charge in [-0.1, -0.05) is 0 Å². The predicted octanol–water partition coefficient (Wildman–Crippen LogP) is 3.79. The molecular formula is C25H32N4O3. The van der Waals surface area contributed by atoms with Gasteiger partial charge in [0.05, 0.1) is 29.5 Å². The SMILES string of the molecule is Cc1cc(C)c2c(C#N)c(/C=C/C(=O)NC3CCOC(C)(C)C3)n(CC3CCCO3)c2n1. The van der Waals surface area contributed by atoms with Crippen molar-refractivity contribution in [3.05, 3.63) is 34.7 Å². The zero-order valence-electron chi connectivity index (χ0n) is 19.4. The van der Waals surface area contributed by atoms with Crippen molar-refractivity contribution in [1.82, 2.24) is 14.9 Å². The van der Waals surface area contributed by atoms with Crippen LogP contribution < -0.4 is 5.32 Å². The van der Waals surface area contributed by atoms with Crippen LogP contribution >= 0.6 is 0 Å². The molecule has 2 unspecified atom stereocenters. The van der Waals surface area contributed by atoms with Crippen molar-refractivity contribution in [3.63, 3.8) is 0 Å². The summed E-state index contributed by atoms with van der Waals surface area (Å²) in [5, 5.41) is 13.9. The number of rotatable bonds is 5. The summed E-state index contributed by atoms with van der Waals surface area (Å²) >= 11 is 0. The number of nitriles is 1. The number of carbonyl (C=O) groups is 1. The number of nitrogens with one attached hydrogen (secondary N) is 1. The Labute approximate surface area is 189 Å². The summed E-state index contributed by atoms with van der Waals surface area (Å²) in [6.07, 6.45) is 6.97. The number of pyridine rings is 1. The summed E-state index contributed by atoms with van der Waals surface area (Å²) in [4.78, 5) is 17.5. The molecule has 4 rings (SSSR count). The van der Waals surface area contributed by atoms with E-state index in [1.165, 1.54) is 6.08 Å². The van der Waals surface area contributed by atoms with Gasteiger partial charge in [0.15, 0.2) is 0 Å². The number of amides is 1. The zero-order valence-corrected chi connectivity index (χ0v) is 19.4. The van der Waals surface area contributed by atoms with E-state index in [4.69, 9.17) is 14.5 Å². The minimum Gasteiger partial charge on any atom is -0.376 e. The van der Waals surface area contributed by atoms with Crippen molar-refractivity contribution in [2.45, 2.75) is 77.7 Å². The van der Waals surface area contributed by atoms with Crippen molar-refractivity contribution in [2.75, 3.05) is 13.2 Å². The molecule has 2 fully saturated rings. The van der Waals surface area contributed by atoms with Crippen LogP contribution in [0.4, 0.5) is 0 Å². The van der Waals surface area contributed by atoms with Crippen LogP contribution in [0, 0.1) is 25.2 Å². The molecule has 0 aromatic carbocycles. The first-order chi connectivity index (χ1) is 15.3. The molecule has 7 heteroatoms. The van der Waals surface area contributed by atoms with Gasteiger partial charge in [-0.05, 0) is 71.1 Å². The molecule has 32 heavy (non-hydrogen) atoms. The molecule has 0 saturated carbocycles. The molecule has 2 aliphatic rings. The first-order valence-corrected chi connectivity index (χ1v) is 11.4. The molecule has 1 N–H and O–H groups in total. The van der Waals surface area contributed by atoms with Crippen molar-refractivity contribution >= 4 is 23.0 Å². The molecule has 1 amide bonds. The Kier molecular flexibility index (Phi) is 6.36. The fourth-order valence-corrected chi connectivity index (χ4v) is 4.92. The lowest BCUT2D eigenvalue weighted by atomic mass is 9.94. The summed E-state index contributed by atoms with van der Waals surface area (Å²) in [6, 6.07) is 4.43. The lowest BCUT2D eigenvalue weighted by molar-refractivity contribution is -0.119. The van der Waals surface area contributed by atoms with Gasteiger partial charge in [0, 0.05) is 36.4 Å². The van der Waals surface area contributed by atoms with Crippen LogP contribution in [-0.4, -0.2) is 46.4 Å². The molecule has 2 aromatic rings. The van der Waals surface area contributed by atoms with Gasteiger partial charge in [0.25, 0.3) is 0 Å². The van der Waals surface area contributed by atoms with Crippen LogP contribution in [0.15, 0.2) is 12.1 Å². The minimum atomic E-state index is -0.233. The van der Waals surface area contributed by atoms with Crippen LogP contribution in [0.1, 0.15) is 62.0 Å². The Morgan fingerprint density at radius 1 is 1.38 bits per heavy atom. The van der Waals surface area contributed by atoms with E-state index >= 15 is 0 Å². The van der Waals surface area contributed by atoms with Gasteiger partial charge in [0.1, 0.15) is 11.7 Å². The van der Waals surface area contributed by atoms with Crippen molar-refractivity contribution < 1.29 is 14.3 Å². The van der Waals surface area contributed by atoms with E-state index in [1.807, 2.05) is 38.3 Å². The van der Waals surface area contributed by atoms with E-state index in [9.17, 15) is 10.1 Å². The molecular weight excluding hydrogens is 404 g/mol. The second-order valence-corrected chi connectivity index (χ2v) is 9.54. The van der Waals surface area contributed by atoms with Crippen LogP contribution in [0.2, 0.25) is 0 Å². The van der Waals surface area contributed by atoms with Crippen molar-refractivity contribution in [3.8, 4) is 6.07 Å². The number of aromatic nitrogens is 2. The van der Waals surface area contributed by atoms with Gasteiger partial charge < -0.3 is 19.4 Å². The molecule has 2 aliphatic heterocycles. The molecule has 170 valence electrons. The Morgan fingerprint density at radius 2 is 2.19 bits per heavy atom. The quantitative estimate of drug-likeness (QED) is 0.721. The van der Waals surface area contributed by atoms with E-state index < -0.39 is 0 Å². The number of ether oxygens (including phenoxy) is 2. The maximum Gasteiger partial charge on any atom is 0.244 e. The van der Waals surface area contributed by atoms with Crippen molar-refractivity contribution in [2.24, 2.45) is 0 Å². The number of aryl methyl sites for hydroxylation is 2. The lowest BCUT2D eigenvalue weighted by Gasteiger charge is -2.35. The fourth-order valence-electron chi connectivity index (χ4n) is 4.92. The van der Waals surface area contributed by atoms with E-state index in [2.05, 4.69) is 11.4 Å². The molecule has 0 bridgehead atoms. The van der Waals surface area contributed by atoms with Gasteiger partial charge >= 0.3 is 0 Å². The van der Waals surface area contributed by atoms with Gasteiger partial charge in [0.2, 0.25) is 5.91 Å². The monoisotopic (exact) mass is 436 g/mol. The molecule has 0 radical (unpaired) electrons. The Bertz CT molecular complexity index is 1090. The summed E-state index contributed by atoms with van der Waals surface area (Å²) in [5.41, 5.74) is 3.73. The Morgan fingerprint density at radius 3 is 2.88 bits per heavy atom. The molecule has 2 saturated heterocycles. The van der Waals surface area contributed by atoms with Crippen LogP contribution in [0.25, 0.3) is 17.1 Å². The second kappa shape index (κ2) is 9.05. The van der Waals surface area contributed by atoms with Gasteiger partial charge in [-0.25, -0.2) is 4.98 Å². The van der Waals surface area contributed by atoms with E-state index in [1.54, 1.807) is 6.08 Å². The van der Waals surface area contributed by atoms with Crippen LogP contribution in [0.3, 0.4) is 0 Å². The molecule has 2 atom stereocenters. The lowest BCUT2D eigenvalue weighted by Crippen LogP contribution is -2.45. The molecule has 0 aliphatic carbocycles. The first kappa shape index (κ1) is 22.5. The fraction of sp³-hybridized carbons (Fsp3) is 0.560. The number of fused-ring (bicyclic) bond motifs is 1. The van der Waals surface area contributed by atoms with E-state index in [0.29, 0.717) is 24.4 Å². The highest BCUT2D eigenvalue weighted by molar-refractivity contribution is 5.96. The van der Waals surface area contributed by atoms with Crippen LogP contribution in [-0.2, 0) is 20.8 Å². The van der Waals surface area contributed by atoms with Gasteiger partial charge in [-0.3, -0.25) is 4.79 Å². The third kappa shape index (κ3) is 4.72. The normalized spacial score (nSPS) is 23.0. The predicted molar refractivity (Wildman–Crippen MR) is 123 cm³/mol. The summed E-state index contributed by atoms with van der Waals surface area (Å²) in [5.74, 6) is -0.161. The standard InChI is InChI=1S/C25H32N4O3/c1-16-12-17(2)27-24-23(16)20(14-26)21(29(24)15-19-6-5-10-31-19)7-8-22(30)28-18-9-11-32-25(3,4)13-18/h7-8,12,18-19H,5-6,9-11,13,15H2,1-4H3,(H,28,30)/b8-7+. The highest BCUT2D eigenvalue weighted by Gasteiger charge is 2.29. The van der Waals surface area contributed by atoms with E-state index in [0.717, 1.165) is 54.6 Å². The second-order valence-electron chi connectivity index (χ2n) is 9.54. The topological polar surface area (TPSA) is 89.2 Å². The summed E-state index contributed by atoms with van der Waals surface area (Å²) in [7, 11) is 0. The Balaban J connectivity index is 1.66. The minimum absolute atomic E-state index is 0.0793. The van der Waals surface area contributed by atoms with Gasteiger partial charge in [-0.15, -0.1) is 0 Å². The molecule has 4 heterocycles. The van der Waals surface area contributed by atoms with Gasteiger partial charge in [-0.2, -0.15) is 5.26 Å². The summed E-state index contributed by atoms with van der Waals surface area (Å²) < 4.78 is 13.7. The van der Waals surface area contributed by atoms with Crippen molar-refractivity contribution in [1.29, 1.82) is 5.26 Å². The molecule has 0 spiro atoms. The third-order valence-electron chi connectivity index (χ3n) is 6.34. The number of carbonyl (C=O) groups excluding carboxylic acids is 1. The highest BCUT2D eigenvalue weighted by Crippen LogP contribution is 2.30. The molecule has 7 nitrogen and oxygen atoms in total. The molecule has 2 aromatic heterocycles. The highest BCUT2D eigenvalue weighted by atomic mass is 16.5. The maximum atomic E-state index is 12.7. The average Bonchev–Trinajstić information content (AvgIpc) is 3.32. The smallest absolute Gasteiger partial charge is 0.244 e. The Hall–Kier alpha value is -2.69. The zero-order chi connectivity index (χ0) is 22.9. The average molecular weight is 437 g/mol. The first-order valence-electron chi connectivity index (χ1n) is 11.4. The maximum absolute atomic E-state index is 12.7. The number of hydrogen-bond acceptors (Lipinski definition) is 5. The van der Waals surface area contributed by atoms with E-state index in [-0.39, 0.29) is 23.7 Å². The summed E-state index contributed by atoms with van der Waals surface area (Å²) in [6.45, 7) is 10.1. The number of hydrogen-bond donors (Lipinski definition) is 1.